The zero-order valence-corrected chi connectivity index (χ0v) is 16.8. The van der Waals surface area contributed by atoms with Crippen LogP contribution in [-0.4, -0.2) is 24.6 Å². The zero-order chi connectivity index (χ0) is 20.8. The average molecular weight is 420 g/mol. The second-order valence-electron chi connectivity index (χ2n) is 6.94. The van der Waals surface area contributed by atoms with Gasteiger partial charge in [0.05, 0.1) is 24.2 Å². The molecule has 0 spiro atoms. The minimum Gasteiger partial charge on any atom is -0.493 e. The fourth-order valence-corrected chi connectivity index (χ4v) is 3.51. The first kappa shape index (κ1) is 20.9. The Kier molecular flexibility index (Phi) is 6.93. The fourth-order valence-electron chi connectivity index (χ4n) is 3.35. The van der Waals surface area contributed by atoms with E-state index >= 15 is 0 Å². The molecule has 1 fully saturated rings. The monoisotopic (exact) mass is 419 g/mol. The van der Waals surface area contributed by atoms with E-state index in [4.69, 9.17) is 25.8 Å². The lowest BCUT2D eigenvalue weighted by Gasteiger charge is -2.21. The van der Waals surface area contributed by atoms with Crippen LogP contribution in [0, 0.1) is 16.0 Å². The van der Waals surface area contributed by atoms with Gasteiger partial charge in [0.15, 0.2) is 11.5 Å². The molecule has 2 aromatic carbocycles. The molecule has 0 N–H and O–H groups in total. The summed E-state index contributed by atoms with van der Waals surface area (Å²) in [5.74, 6) is 0.508. The summed E-state index contributed by atoms with van der Waals surface area (Å²) in [7, 11) is 1.43. The van der Waals surface area contributed by atoms with Gasteiger partial charge in [0, 0.05) is 11.1 Å². The molecule has 0 amide bonds. The Balaban J connectivity index is 1.73. The number of nitro benzene ring substituents is 1. The van der Waals surface area contributed by atoms with E-state index in [1.54, 1.807) is 6.07 Å². The van der Waals surface area contributed by atoms with Crippen molar-refractivity contribution in [2.24, 2.45) is 5.92 Å². The highest BCUT2D eigenvalue weighted by Gasteiger charge is 2.20. The summed E-state index contributed by atoms with van der Waals surface area (Å²) < 4.78 is 16.4. The molecule has 8 heteroatoms. The number of nitro groups is 1. The second kappa shape index (κ2) is 9.60. The molecule has 0 saturated heterocycles. The third-order valence-corrected chi connectivity index (χ3v) is 5.15. The summed E-state index contributed by atoms with van der Waals surface area (Å²) in [5.41, 5.74) is 0.0612. The Bertz CT molecular complexity index is 895. The zero-order valence-electron chi connectivity index (χ0n) is 16.1. The number of nitrogens with zero attached hydrogens (tertiary/aromatic N) is 1. The Morgan fingerprint density at radius 2 is 1.83 bits per heavy atom. The number of hydrogen-bond acceptors (Lipinski definition) is 6. The molecule has 0 atom stereocenters. The number of esters is 1. The van der Waals surface area contributed by atoms with Gasteiger partial charge in [0.25, 0.3) is 0 Å². The maximum atomic E-state index is 12.4. The van der Waals surface area contributed by atoms with Crippen LogP contribution in [0.5, 0.6) is 17.2 Å². The molecule has 1 saturated carbocycles. The van der Waals surface area contributed by atoms with Crippen LogP contribution in [-0.2, 0) is 4.74 Å². The van der Waals surface area contributed by atoms with Crippen molar-refractivity contribution in [3.8, 4) is 17.2 Å². The lowest BCUT2D eigenvalue weighted by molar-refractivity contribution is -0.385. The maximum Gasteiger partial charge on any atom is 0.338 e. The highest BCUT2D eigenvalue weighted by atomic mass is 35.5. The maximum absolute atomic E-state index is 12.4. The van der Waals surface area contributed by atoms with E-state index in [9.17, 15) is 14.9 Å². The minimum absolute atomic E-state index is 0.0188. The van der Waals surface area contributed by atoms with E-state index in [0.29, 0.717) is 18.1 Å². The number of carbonyl (C=O) groups is 1. The van der Waals surface area contributed by atoms with Gasteiger partial charge in [0.1, 0.15) is 0 Å². The second-order valence-corrected chi connectivity index (χ2v) is 7.38. The number of halogens is 1. The van der Waals surface area contributed by atoms with Gasteiger partial charge >= 0.3 is 11.7 Å². The first-order chi connectivity index (χ1) is 14.0. The molecule has 0 heterocycles. The van der Waals surface area contributed by atoms with Crippen LogP contribution in [0.3, 0.4) is 0 Å². The molecule has 1 aliphatic carbocycles. The Morgan fingerprint density at radius 1 is 1.10 bits per heavy atom. The van der Waals surface area contributed by atoms with Gasteiger partial charge in [-0.1, -0.05) is 30.9 Å². The number of hydrogen-bond donors (Lipinski definition) is 0. The van der Waals surface area contributed by atoms with E-state index in [1.165, 1.54) is 56.7 Å². The third-order valence-electron chi connectivity index (χ3n) is 4.91. The largest absolute Gasteiger partial charge is 0.493 e. The van der Waals surface area contributed by atoms with Gasteiger partial charge in [0.2, 0.25) is 5.75 Å². The predicted molar refractivity (Wildman–Crippen MR) is 108 cm³/mol. The van der Waals surface area contributed by atoms with E-state index in [0.717, 1.165) is 12.8 Å². The lowest BCUT2D eigenvalue weighted by atomic mass is 9.90. The topological polar surface area (TPSA) is 87.9 Å². The van der Waals surface area contributed by atoms with Crippen LogP contribution in [0.2, 0.25) is 5.02 Å². The molecule has 0 radical (unpaired) electrons. The summed E-state index contributed by atoms with van der Waals surface area (Å²) >= 11 is 5.83. The highest BCUT2D eigenvalue weighted by molar-refractivity contribution is 6.30. The van der Waals surface area contributed by atoms with Crippen LogP contribution >= 0.6 is 11.6 Å². The normalized spacial score (nSPS) is 14.3. The molecule has 0 aromatic heterocycles. The van der Waals surface area contributed by atoms with Crippen molar-refractivity contribution in [2.45, 2.75) is 32.1 Å². The molecule has 154 valence electrons. The van der Waals surface area contributed by atoms with Crippen molar-refractivity contribution in [1.29, 1.82) is 0 Å². The summed E-state index contributed by atoms with van der Waals surface area (Å²) in [5, 5.41) is 11.5. The first-order valence-electron chi connectivity index (χ1n) is 9.45. The lowest BCUT2D eigenvalue weighted by Crippen LogP contribution is -2.16. The first-order valence-corrected chi connectivity index (χ1v) is 9.82. The number of methoxy groups -OCH3 is 1. The van der Waals surface area contributed by atoms with Crippen LogP contribution < -0.4 is 9.47 Å². The molecule has 1 aliphatic rings. The van der Waals surface area contributed by atoms with Gasteiger partial charge in [-0.15, -0.1) is 0 Å². The van der Waals surface area contributed by atoms with E-state index in [2.05, 4.69) is 0 Å². The molecule has 2 aromatic rings. The number of ether oxygens (including phenoxy) is 3. The van der Waals surface area contributed by atoms with Gasteiger partial charge in [-0.3, -0.25) is 10.1 Å². The molecule has 0 bridgehead atoms. The van der Waals surface area contributed by atoms with Gasteiger partial charge in [-0.25, -0.2) is 4.79 Å². The van der Waals surface area contributed by atoms with E-state index in [-0.39, 0.29) is 28.0 Å². The van der Waals surface area contributed by atoms with Crippen molar-refractivity contribution in [3.63, 3.8) is 0 Å². The highest BCUT2D eigenvalue weighted by Crippen LogP contribution is 2.38. The molecular weight excluding hydrogens is 398 g/mol. The van der Waals surface area contributed by atoms with E-state index < -0.39 is 10.9 Å². The van der Waals surface area contributed by atoms with Crippen molar-refractivity contribution >= 4 is 23.3 Å². The number of carbonyl (C=O) groups excluding carboxylic acids is 1. The smallest absolute Gasteiger partial charge is 0.338 e. The molecule has 29 heavy (non-hydrogen) atoms. The Morgan fingerprint density at radius 3 is 2.52 bits per heavy atom. The molecule has 0 aliphatic heterocycles. The molecule has 3 rings (SSSR count). The van der Waals surface area contributed by atoms with E-state index in [1.807, 2.05) is 0 Å². The minimum atomic E-state index is -0.579. The predicted octanol–water partition coefficient (Wildman–Crippen LogP) is 5.79. The van der Waals surface area contributed by atoms with Crippen LogP contribution in [0.25, 0.3) is 0 Å². The van der Waals surface area contributed by atoms with Crippen LogP contribution in [0.4, 0.5) is 5.69 Å². The molecule has 0 unspecified atom stereocenters. The number of rotatable bonds is 7. The SMILES string of the molecule is COc1cc(C(=O)OCC2CCCCC2)ccc1Oc1ccc(Cl)cc1[N+](=O)[O-]. The summed E-state index contributed by atoms with van der Waals surface area (Å²) in [6.45, 7) is 0.413. The summed E-state index contributed by atoms with van der Waals surface area (Å²) in [6, 6.07) is 8.68. The Hall–Kier alpha value is -2.80. The quantitative estimate of drug-likeness (QED) is 0.321. The average Bonchev–Trinajstić information content (AvgIpc) is 2.74. The van der Waals surface area contributed by atoms with Crippen molar-refractivity contribution in [1.82, 2.24) is 0 Å². The molecule has 7 nitrogen and oxygen atoms in total. The fraction of sp³-hybridized carbons (Fsp3) is 0.381. The number of benzene rings is 2. The van der Waals surface area contributed by atoms with Crippen molar-refractivity contribution in [3.05, 3.63) is 57.1 Å². The van der Waals surface area contributed by atoms with Crippen LogP contribution in [0.15, 0.2) is 36.4 Å². The van der Waals surface area contributed by atoms with Gasteiger partial charge in [-0.05, 0) is 49.1 Å². The Labute approximate surface area is 173 Å². The van der Waals surface area contributed by atoms with Gasteiger partial charge in [-0.2, -0.15) is 0 Å². The summed E-state index contributed by atoms with van der Waals surface area (Å²) in [6.07, 6.45) is 5.78. The van der Waals surface area contributed by atoms with Crippen molar-refractivity contribution < 1.29 is 23.9 Å². The molecular formula is C21H22ClNO6. The standard InChI is InChI=1S/C21H22ClNO6/c1-27-20-11-15(21(24)28-13-14-5-3-2-4-6-14)7-9-19(20)29-18-10-8-16(22)12-17(18)23(25)26/h7-12,14H,2-6,13H2,1H3. The van der Waals surface area contributed by atoms with Crippen LogP contribution in [0.1, 0.15) is 42.5 Å². The van der Waals surface area contributed by atoms with Gasteiger partial charge < -0.3 is 14.2 Å². The summed E-state index contributed by atoms with van der Waals surface area (Å²) in [4.78, 5) is 23.0. The third kappa shape index (κ3) is 5.38. The van der Waals surface area contributed by atoms with Crippen molar-refractivity contribution in [2.75, 3.05) is 13.7 Å².